The molecule has 7 heteroatoms. The van der Waals surface area contributed by atoms with Crippen LogP contribution < -0.4 is 10.3 Å². The molecule has 1 heterocycles. The molecule has 0 saturated carbocycles. The Balaban J connectivity index is 0.00000242. The van der Waals surface area contributed by atoms with Gasteiger partial charge in [-0.1, -0.05) is 11.3 Å². The summed E-state index contributed by atoms with van der Waals surface area (Å²) in [5.74, 6) is -0.100. The number of nitrogens with zero attached hydrogens (tertiary/aromatic N) is 1. The third kappa shape index (κ3) is 4.37. The second-order valence-corrected chi connectivity index (χ2v) is 5.39. The van der Waals surface area contributed by atoms with Crippen molar-refractivity contribution in [3.8, 4) is 17.0 Å². The first-order chi connectivity index (χ1) is 10.1. The molecule has 0 fully saturated rings. The van der Waals surface area contributed by atoms with E-state index < -0.39 is 5.82 Å². The average molecular weight is 491 g/mol. The summed E-state index contributed by atoms with van der Waals surface area (Å²) in [4.78, 5) is 12.1. The van der Waals surface area contributed by atoms with E-state index >= 15 is 0 Å². The summed E-state index contributed by atoms with van der Waals surface area (Å²) in [5, 5.41) is 0. The average Bonchev–Trinajstić information content (AvgIpc) is 2.48. The summed E-state index contributed by atoms with van der Waals surface area (Å²) in [6, 6.07) is 9.01. The Bertz CT molecular complexity index is 706. The number of hydrogen-bond acceptors (Lipinski definition) is 3. The van der Waals surface area contributed by atoms with Gasteiger partial charge in [0, 0.05) is 52.4 Å². The number of aromatic nitrogens is 1. The van der Waals surface area contributed by atoms with Gasteiger partial charge in [0.1, 0.15) is 5.75 Å². The molecule has 0 atom stereocenters. The van der Waals surface area contributed by atoms with Crippen LogP contribution in [0.1, 0.15) is 6.92 Å². The van der Waals surface area contributed by atoms with Gasteiger partial charge in [-0.05, 0) is 16.6 Å². The van der Waals surface area contributed by atoms with Gasteiger partial charge in [-0.3, -0.25) is 4.79 Å². The molecular weight excluding hydrogens is 477 g/mol. The van der Waals surface area contributed by atoms with E-state index in [4.69, 9.17) is 9.47 Å². The number of halogens is 2. The van der Waals surface area contributed by atoms with Gasteiger partial charge in [-0.15, -0.1) is 28.7 Å². The van der Waals surface area contributed by atoms with Gasteiger partial charge in [0.15, 0.2) is 6.79 Å². The van der Waals surface area contributed by atoms with Gasteiger partial charge < -0.3 is 14.0 Å². The fraction of sp³-hybridized carbons (Fsp3) is 0.267. The molecule has 0 aliphatic heterocycles. The van der Waals surface area contributed by atoms with Crippen molar-refractivity contribution in [2.24, 2.45) is 0 Å². The molecule has 1 radical (unpaired) electrons. The van der Waals surface area contributed by atoms with Crippen LogP contribution in [0.5, 0.6) is 5.75 Å². The largest absolute Gasteiger partial charge is 0.468 e. The van der Waals surface area contributed by atoms with Crippen molar-refractivity contribution in [1.29, 1.82) is 0 Å². The maximum Gasteiger partial charge on any atom is 0.207 e. The summed E-state index contributed by atoms with van der Waals surface area (Å²) in [6.45, 7) is 2.33. The van der Waals surface area contributed by atoms with Crippen LogP contribution in [0, 0.1) is 15.5 Å². The monoisotopic (exact) mass is 491 g/mol. The first kappa shape index (κ1) is 19.7. The zero-order valence-electron chi connectivity index (χ0n) is 12.2. The van der Waals surface area contributed by atoms with Crippen molar-refractivity contribution >= 4 is 22.6 Å². The summed E-state index contributed by atoms with van der Waals surface area (Å²) in [5.41, 5.74) is 0.597. The van der Waals surface area contributed by atoms with Crippen molar-refractivity contribution in [2.75, 3.05) is 13.9 Å². The van der Waals surface area contributed by atoms with E-state index in [1.165, 1.54) is 17.7 Å². The van der Waals surface area contributed by atoms with E-state index in [1.807, 2.05) is 29.5 Å². The molecule has 0 bridgehead atoms. The Morgan fingerprint density at radius 2 is 2.14 bits per heavy atom. The molecule has 4 nitrogen and oxygen atoms in total. The minimum Gasteiger partial charge on any atom is -0.468 e. The van der Waals surface area contributed by atoms with Crippen molar-refractivity contribution in [1.82, 2.24) is 4.57 Å². The smallest absolute Gasteiger partial charge is 0.207 e. The molecular formula is C15H14FINO3Y-. The minimum atomic E-state index is -0.470. The van der Waals surface area contributed by atoms with Gasteiger partial charge in [-0.2, -0.15) is 12.1 Å². The fourth-order valence-corrected chi connectivity index (χ4v) is 2.38. The SMILES string of the molecule is CCn1c(-c2ccc(OCOC)cc2F)[c-]cc(I)c1=O.[Y]. The maximum atomic E-state index is 14.3. The molecule has 0 saturated heterocycles. The van der Waals surface area contributed by atoms with Crippen LogP contribution in [0.2, 0.25) is 0 Å². The zero-order valence-corrected chi connectivity index (χ0v) is 17.2. The molecule has 0 spiro atoms. The van der Waals surface area contributed by atoms with Crippen LogP contribution in [0.15, 0.2) is 29.1 Å². The minimum absolute atomic E-state index is 0. The molecule has 2 rings (SSSR count). The maximum absolute atomic E-state index is 14.3. The standard InChI is InChI=1S/C15H14FINO3.Y/c1-3-18-14(7-6-13(17)15(18)19)11-5-4-10(8-12(11)16)21-9-20-2;/h4-6,8H,3,9H2,1-2H3;/q-1;. The Morgan fingerprint density at radius 3 is 2.73 bits per heavy atom. The number of ether oxygens (including phenoxy) is 2. The number of pyridine rings is 1. The quantitative estimate of drug-likeness (QED) is 0.367. The summed E-state index contributed by atoms with van der Waals surface area (Å²) >= 11 is 1.95. The summed E-state index contributed by atoms with van der Waals surface area (Å²) in [7, 11) is 1.49. The Labute approximate surface area is 167 Å². The van der Waals surface area contributed by atoms with Crippen molar-refractivity contribution in [3.63, 3.8) is 0 Å². The van der Waals surface area contributed by atoms with Crippen molar-refractivity contribution < 1.29 is 46.6 Å². The molecule has 115 valence electrons. The van der Waals surface area contributed by atoms with Gasteiger partial charge in [0.2, 0.25) is 5.56 Å². The van der Waals surface area contributed by atoms with E-state index in [1.54, 1.807) is 18.2 Å². The van der Waals surface area contributed by atoms with Crippen molar-refractivity contribution in [2.45, 2.75) is 13.5 Å². The fourth-order valence-electron chi connectivity index (χ4n) is 1.93. The predicted octanol–water partition coefficient (Wildman–Crippen LogP) is 3.06. The van der Waals surface area contributed by atoms with Gasteiger partial charge in [0.05, 0.1) is 5.82 Å². The van der Waals surface area contributed by atoms with Crippen LogP contribution >= 0.6 is 22.6 Å². The van der Waals surface area contributed by atoms with Gasteiger partial charge in [-0.25, -0.2) is 4.39 Å². The van der Waals surface area contributed by atoms with E-state index in [2.05, 4.69) is 6.07 Å². The predicted molar refractivity (Wildman–Crippen MR) is 85.8 cm³/mol. The second kappa shape index (κ2) is 9.10. The van der Waals surface area contributed by atoms with E-state index in [-0.39, 0.29) is 45.1 Å². The zero-order chi connectivity index (χ0) is 15.4. The Hall–Kier alpha value is -0.306. The topological polar surface area (TPSA) is 40.5 Å². The third-order valence-electron chi connectivity index (χ3n) is 2.91. The number of rotatable bonds is 5. The van der Waals surface area contributed by atoms with E-state index in [0.717, 1.165) is 0 Å². The second-order valence-electron chi connectivity index (χ2n) is 4.23. The first-order valence-electron chi connectivity index (χ1n) is 6.31. The van der Waals surface area contributed by atoms with Crippen LogP contribution in [0.3, 0.4) is 0 Å². The molecule has 0 N–H and O–H groups in total. The van der Waals surface area contributed by atoms with E-state index in [9.17, 15) is 9.18 Å². The molecule has 2 aromatic rings. The van der Waals surface area contributed by atoms with Crippen LogP contribution in [-0.2, 0) is 44.0 Å². The Kier molecular flexibility index (Phi) is 8.17. The molecule has 0 aliphatic rings. The molecule has 22 heavy (non-hydrogen) atoms. The Morgan fingerprint density at radius 1 is 1.41 bits per heavy atom. The van der Waals surface area contributed by atoms with Crippen LogP contribution in [0.4, 0.5) is 4.39 Å². The number of hydrogen-bond donors (Lipinski definition) is 0. The van der Waals surface area contributed by atoms with Crippen LogP contribution in [-0.4, -0.2) is 18.5 Å². The van der Waals surface area contributed by atoms with Crippen LogP contribution in [0.25, 0.3) is 11.3 Å². The first-order valence-corrected chi connectivity index (χ1v) is 7.39. The van der Waals surface area contributed by atoms with Gasteiger partial charge in [0.25, 0.3) is 0 Å². The third-order valence-corrected chi connectivity index (χ3v) is 3.68. The molecule has 1 aromatic heterocycles. The number of benzene rings is 1. The normalized spacial score (nSPS) is 10.2. The number of methoxy groups -OCH3 is 1. The van der Waals surface area contributed by atoms with Crippen molar-refractivity contribution in [3.05, 3.63) is 50.1 Å². The molecule has 1 aromatic carbocycles. The molecule has 0 amide bonds. The summed E-state index contributed by atoms with van der Waals surface area (Å²) in [6.07, 6.45) is 0. The summed E-state index contributed by atoms with van der Waals surface area (Å²) < 4.78 is 26.3. The van der Waals surface area contributed by atoms with E-state index in [0.29, 0.717) is 27.1 Å². The molecule has 0 aliphatic carbocycles. The molecule has 0 unspecified atom stereocenters. The van der Waals surface area contributed by atoms with Gasteiger partial charge >= 0.3 is 0 Å².